The van der Waals surface area contributed by atoms with E-state index in [4.69, 9.17) is 5.11 Å². The number of aryl methyl sites for hydroxylation is 1. The number of hydrogen-bond donors (Lipinski definition) is 1. The first-order valence-electron chi connectivity index (χ1n) is 5.45. The summed E-state index contributed by atoms with van der Waals surface area (Å²) in [5, 5.41) is 28.2. The third-order valence-electron chi connectivity index (χ3n) is 2.66. The molecular formula is C11H10N4O4S. The molecule has 2 aromatic rings. The Labute approximate surface area is 117 Å². The SMILES string of the molecule is Cc1nnc(Sc2ccc(C(=O)O)c([N+](=O)[O-])c2)n1C. The van der Waals surface area contributed by atoms with Crippen LogP contribution in [-0.4, -0.2) is 30.8 Å². The van der Waals surface area contributed by atoms with Crippen LogP contribution < -0.4 is 0 Å². The first-order valence-corrected chi connectivity index (χ1v) is 6.27. The second-order valence-corrected chi connectivity index (χ2v) is 4.97. The van der Waals surface area contributed by atoms with Crippen LogP contribution in [0.4, 0.5) is 5.69 Å². The van der Waals surface area contributed by atoms with E-state index in [1.165, 1.54) is 30.0 Å². The topological polar surface area (TPSA) is 111 Å². The zero-order chi connectivity index (χ0) is 14.9. The third kappa shape index (κ3) is 2.62. The van der Waals surface area contributed by atoms with Gasteiger partial charge in [0.2, 0.25) is 0 Å². The van der Waals surface area contributed by atoms with Gasteiger partial charge in [-0.15, -0.1) is 10.2 Å². The second-order valence-electron chi connectivity index (χ2n) is 3.93. The van der Waals surface area contributed by atoms with E-state index in [1.54, 1.807) is 18.5 Å². The van der Waals surface area contributed by atoms with E-state index in [2.05, 4.69) is 10.2 Å². The van der Waals surface area contributed by atoms with E-state index in [9.17, 15) is 14.9 Å². The number of benzene rings is 1. The molecule has 0 saturated heterocycles. The van der Waals surface area contributed by atoms with Crippen LogP contribution in [0.2, 0.25) is 0 Å². The van der Waals surface area contributed by atoms with Crippen molar-refractivity contribution < 1.29 is 14.8 Å². The Morgan fingerprint density at radius 3 is 2.65 bits per heavy atom. The van der Waals surface area contributed by atoms with Crippen LogP contribution in [0.5, 0.6) is 0 Å². The van der Waals surface area contributed by atoms with Gasteiger partial charge in [0.05, 0.1) is 4.92 Å². The van der Waals surface area contributed by atoms with E-state index in [1.807, 2.05) is 0 Å². The Balaban J connectivity index is 2.39. The number of hydrogen-bond acceptors (Lipinski definition) is 6. The number of nitro groups is 1. The lowest BCUT2D eigenvalue weighted by Gasteiger charge is -2.03. The van der Waals surface area contributed by atoms with Gasteiger partial charge in [-0.1, -0.05) is 0 Å². The van der Waals surface area contributed by atoms with Crippen LogP contribution in [-0.2, 0) is 7.05 Å². The van der Waals surface area contributed by atoms with Crippen LogP contribution in [0.25, 0.3) is 0 Å². The molecule has 0 atom stereocenters. The van der Waals surface area contributed by atoms with Crippen molar-refractivity contribution in [2.45, 2.75) is 17.0 Å². The summed E-state index contributed by atoms with van der Waals surface area (Å²) in [5.74, 6) is -0.619. The van der Waals surface area contributed by atoms with Gasteiger partial charge < -0.3 is 9.67 Å². The molecular weight excluding hydrogens is 284 g/mol. The first-order chi connectivity index (χ1) is 9.40. The molecule has 0 aliphatic heterocycles. The average Bonchev–Trinajstić information content (AvgIpc) is 2.70. The molecule has 0 bridgehead atoms. The molecule has 1 aromatic carbocycles. The van der Waals surface area contributed by atoms with Crippen molar-refractivity contribution >= 4 is 23.4 Å². The van der Waals surface area contributed by atoms with Crippen molar-refractivity contribution in [3.63, 3.8) is 0 Å². The fourth-order valence-electron chi connectivity index (χ4n) is 1.49. The number of nitro benzene ring substituents is 1. The summed E-state index contributed by atoms with van der Waals surface area (Å²) in [6.07, 6.45) is 0. The molecule has 9 heteroatoms. The Hall–Kier alpha value is -2.42. The summed E-state index contributed by atoms with van der Waals surface area (Å²) in [4.78, 5) is 21.6. The number of rotatable bonds is 4. The quantitative estimate of drug-likeness (QED) is 0.676. The van der Waals surface area contributed by atoms with Crippen molar-refractivity contribution in [1.82, 2.24) is 14.8 Å². The molecule has 0 amide bonds. The molecule has 0 spiro atoms. The van der Waals surface area contributed by atoms with Gasteiger partial charge in [0, 0.05) is 18.0 Å². The summed E-state index contributed by atoms with van der Waals surface area (Å²) in [6.45, 7) is 1.78. The van der Waals surface area contributed by atoms with E-state index in [-0.39, 0.29) is 5.56 Å². The molecule has 0 aliphatic rings. The predicted molar refractivity (Wildman–Crippen MR) is 69.9 cm³/mol. The maximum Gasteiger partial charge on any atom is 0.342 e. The fourth-order valence-corrected chi connectivity index (χ4v) is 2.36. The zero-order valence-electron chi connectivity index (χ0n) is 10.6. The molecule has 0 aliphatic carbocycles. The van der Waals surface area contributed by atoms with Gasteiger partial charge in [0.25, 0.3) is 5.69 Å². The van der Waals surface area contributed by atoms with E-state index >= 15 is 0 Å². The number of nitrogens with zero attached hydrogens (tertiary/aromatic N) is 4. The van der Waals surface area contributed by atoms with Crippen molar-refractivity contribution in [2.24, 2.45) is 7.05 Å². The standard InChI is InChI=1S/C11H10N4O4S/c1-6-12-13-11(14(6)2)20-7-3-4-8(10(16)17)9(5-7)15(18)19/h3-5H,1-2H3,(H,16,17). The van der Waals surface area contributed by atoms with E-state index in [0.29, 0.717) is 15.9 Å². The van der Waals surface area contributed by atoms with Gasteiger partial charge in [-0.05, 0) is 30.8 Å². The Morgan fingerprint density at radius 2 is 2.15 bits per heavy atom. The Morgan fingerprint density at radius 1 is 1.45 bits per heavy atom. The molecule has 1 aromatic heterocycles. The maximum absolute atomic E-state index is 10.9. The van der Waals surface area contributed by atoms with Crippen LogP contribution >= 0.6 is 11.8 Å². The van der Waals surface area contributed by atoms with Crippen LogP contribution in [0, 0.1) is 17.0 Å². The minimum atomic E-state index is -1.33. The number of aromatic nitrogens is 3. The largest absolute Gasteiger partial charge is 0.477 e. The van der Waals surface area contributed by atoms with Crippen molar-refractivity contribution in [3.8, 4) is 0 Å². The van der Waals surface area contributed by atoms with Crippen LogP contribution in [0.15, 0.2) is 28.3 Å². The van der Waals surface area contributed by atoms with Crippen molar-refractivity contribution in [1.29, 1.82) is 0 Å². The summed E-state index contributed by atoms with van der Waals surface area (Å²) in [5.41, 5.74) is -0.783. The van der Waals surface area contributed by atoms with Crippen LogP contribution in [0.3, 0.4) is 0 Å². The minimum Gasteiger partial charge on any atom is -0.477 e. The number of carbonyl (C=O) groups is 1. The summed E-state index contributed by atoms with van der Waals surface area (Å²) in [7, 11) is 1.78. The van der Waals surface area contributed by atoms with Gasteiger partial charge in [-0.25, -0.2) is 4.79 Å². The molecule has 1 N–H and O–H groups in total. The van der Waals surface area contributed by atoms with Crippen LogP contribution in [0.1, 0.15) is 16.2 Å². The van der Waals surface area contributed by atoms with Gasteiger partial charge in [-0.3, -0.25) is 10.1 Å². The highest BCUT2D eigenvalue weighted by Crippen LogP contribution is 2.30. The lowest BCUT2D eigenvalue weighted by atomic mass is 10.2. The number of carboxylic acid groups (broad SMARTS) is 1. The molecule has 0 unspecified atom stereocenters. The fraction of sp³-hybridized carbons (Fsp3) is 0.182. The van der Waals surface area contributed by atoms with Gasteiger partial charge in [0.15, 0.2) is 5.16 Å². The number of aromatic carboxylic acids is 1. The smallest absolute Gasteiger partial charge is 0.342 e. The molecule has 8 nitrogen and oxygen atoms in total. The summed E-state index contributed by atoms with van der Waals surface area (Å²) in [6, 6.07) is 3.94. The molecule has 1 heterocycles. The van der Waals surface area contributed by atoms with Crippen molar-refractivity contribution in [2.75, 3.05) is 0 Å². The zero-order valence-corrected chi connectivity index (χ0v) is 11.4. The maximum atomic E-state index is 10.9. The Bertz CT molecular complexity index is 698. The van der Waals surface area contributed by atoms with Gasteiger partial charge in [0.1, 0.15) is 11.4 Å². The second kappa shape index (κ2) is 5.29. The molecule has 2 rings (SSSR count). The molecule has 20 heavy (non-hydrogen) atoms. The molecule has 0 saturated carbocycles. The number of carboxylic acids is 1. The lowest BCUT2D eigenvalue weighted by Crippen LogP contribution is -2.02. The molecule has 104 valence electrons. The van der Waals surface area contributed by atoms with E-state index < -0.39 is 16.6 Å². The molecule has 0 radical (unpaired) electrons. The van der Waals surface area contributed by atoms with Crippen molar-refractivity contribution in [3.05, 3.63) is 39.7 Å². The normalized spacial score (nSPS) is 10.5. The minimum absolute atomic E-state index is 0.339. The first kappa shape index (κ1) is 14.0. The van der Waals surface area contributed by atoms with Gasteiger partial charge in [-0.2, -0.15) is 0 Å². The summed E-state index contributed by atoms with van der Waals surface area (Å²) < 4.78 is 1.74. The van der Waals surface area contributed by atoms with Gasteiger partial charge >= 0.3 is 5.97 Å². The van der Waals surface area contributed by atoms with E-state index in [0.717, 1.165) is 0 Å². The predicted octanol–water partition coefficient (Wildman–Crippen LogP) is 1.88. The highest BCUT2D eigenvalue weighted by Gasteiger charge is 2.21. The third-order valence-corrected chi connectivity index (χ3v) is 3.69. The highest BCUT2D eigenvalue weighted by molar-refractivity contribution is 7.99. The average molecular weight is 294 g/mol. The molecule has 0 fully saturated rings. The Kier molecular flexibility index (Phi) is 3.70. The highest BCUT2D eigenvalue weighted by atomic mass is 32.2. The summed E-state index contributed by atoms with van der Waals surface area (Å²) >= 11 is 1.18. The monoisotopic (exact) mass is 294 g/mol. The lowest BCUT2D eigenvalue weighted by molar-refractivity contribution is -0.385.